The first-order chi connectivity index (χ1) is 18.6. The molecule has 1 atom stereocenters. The van der Waals surface area contributed by atoms with E-state index in [1.165, 1.54) is 0 Å². The molecule has 40 heavy (non-hydrogen) atoms. The third-order valence-electron chi connectivity index (χ3n) is 5.86. The lowest BCUT2D eigenvalue weighted by molar-refractivity contribution is 0.0975. The van der Waals surface area contributed by atoms with Gasteiger partial charge in [0.05, 0.1) is 23.5 Å². The number of aliphatic hydroxyl groups is 2. The molecule has 218 valence electrons. The topological polar surface area (TPSA) is 125 Å². The summed E-state index contributed by atoms with van der Waals surface area (Å²) in [5.41, 5.74) is 3.74. The van der Waals surface area contributed by atoms with Crippen LogP contribution in [0.15, 0.2) is 66.7 Å². The van der Waals surface area contributed by atoms with E-state index in [4.69, 9.17) is 21.4 Å². The van der Waals surface area contributed by atoms with Crippen molar-refractivity contribution in [1.29, 1.82) is 0 Å². The summed E-state index contributed by atoms with van der Waals surface area (Å²) in [6, 6.07) is 20.2. The van der Waals surface area contributed by atoms with E-state index in [0.29, 0.717) is 18.1 Å². The minimum atomic E-state index is -3.87. The molecule has 0 aromatic heterocycles. The molecule has 0 radical (unpaired) electrons. The van der Waals surface area contributed by atoms with Crippen LogP contribution in [0.25, 0.3) is 11.1 Å². The summed E-state index contributed by atoms with van der Waals surface area (Å²) in [6.45, 7) is 4.47. The van der Waals surface area contributed by atoms with Crippen molar-refractivity contribution in [1.82, 2.24) is 10.0 Å². The number of benzene rings is 3. The largest absolute Gasteiger partial charge is 0.490 e. The smallest absolute Gasteiger partial charge is 0.268 e. The fourth-order valence-corrected chi connectivity index (χ4v) is 5.11. The number of ether oxygens (including phenoxy) is 1. The number of nitrogens with one attached hydrogen (secondary N) is 2. The van der Waals surface area contributed by atoms with Gasteiger partial charge >= 0.3 is 0 Å². The first kappa shape index (κ1) is 33.5. The molecule has 0 spiro atoms. The summed E-state index contributed by atoms with van der Waals surface area (Å²) >= 11 is 5.99. The van der Waals surface area contributed by atoms with Crippen molar-refractivity contribution < 1.29 is 28.2 Å². The molecule has 3 aromatic carbocycles. The minimum Gasteiger partial charge on any atom is -0.490 e. The number of amides is 1. The van der Waals surface area contributed by atoms with Gasteiger partial charge in [0.15, 0.2) is 0 Å². The monoisotopic (exact) mass is 610 g/mol. The Kier molecular flexibility index (Phi) is 13.4. The lowest BCUT2D eigenvalue weighted by Crippen LogP contribution is -2.33. The number of sulfonamides is 1. The average Bonchev–Trinajstić information content (AvgIpc) is 2.89. The molecule has 0 unspecified atom stereocenters. The number of rotatable bonds is 14. The van der Waals surface area contributed by atoms with E-state index in [2.05, 4.69) is 5.32 Å². The Bertz CT molecular complexity index is 1350. The van der Waals surface area contributed by atoms with Gasteiger partial charge in [0.25, 0.3) is 5.91 Å². The summed E-state index contributed by atoms with van der Waals surface area (Å²) in [5.74, 6) is -0.847. The van der Waals surface area contributed by atoms with Crippen LogP contribution in [-0.2, 0) is 16.4 Å². The predicted molar refractivity (Wildman–Crippen MR) is 161 cm³/mol. The second kappa shape index (κ2) is 16.0. The number of carbonyl (C=O) groups excluding carboxylic acids is 1. The highest BCUT2D eigenvalue weighted by Crippen LogP contribution is 2.29. The highest BCUT2D eigenvalue weighted by Gasteiger charge is 2.20. The van der Waals surface area contributed by atoms with Crippen LogP contribution < -0.4 is 14.8 Å². The number of aliphatic hydroxyl groups excluding tert-OH is 2. The van der Waals surface area contributed by atoms with Crippen LogP contribution in [0.1, 0.15) is 47.9 Å². The Morgan fingerprint density at radius 1 is 1.02 bits per heavy atom. The van der Waals surface area contributed by atoms with Crippen LogP contribution in [0.2, 0.25) is 5.02 Å². The number of carbonyl (C=O) groups is 1. The molecular weight excluding hydrogens is 575 g/mol. The standard InChI is InChI=1S/C29H35ClN2O6S.ClH/c1-20(2)38-28-18-23(11-12-26(28)29(35)32-39(36,37)16-4-15-33)22-9-7-21(8-10-22)13-14-31-19-27(34)24-5-3-6-25(30)17-24;/h3,5-12,17-18,20,27,31,33-34H,4,13-16,19H2,1-2H3,(H,32,35);1H/t27-;/m1./s1. The van der Waals surface area contributed by atoms with Crippen molar-refractivity contribution in [2.75, 3.05) is 25.4 Å². The molecule has 0 aliphatic rings. The molecule has 0 aliphatic carbocycles. The second-order valence-electron chi connectivity index (χ2n) is 9.43. The van der Waals surface area contributed by atoms with Crippen LogP contribution in [0.4, 0.5) is 0 Å². The summed E-state index contributed by atoms with van der Waals surface area (Å²) in [4.78, 5) is 12.7. The van der Waals surface area contributed by atoms with Gasteiger partial charge in [-0.25, -0.2) is 13.1 Å². The maximum atomic E-state index is 12.7. The van der Waals surface area contributed by atoms with E-state index in [0.717, 1.165) is 28.7 Å². The van der Waals surface area contributed by atoms with Gasteiger partial charge in [-0.3, -0.25) is 4.79 Å². The van der Waals surface area contributed by atoms with Crippen molar-refractivity contribution >= 4 is 39.9 Å². The van der Waals surface area contributed by atoms with Crippen LogP contribution in [-0.4, -0.2) is 56.1 Å². The summed E-state index contributed by atoms with van der Waals surface area (Å²) in [7, 11) is -3.87. The molecular formula is C29H36Cl2N2O6S. The van der Waals surface area contributed by atoms with Crippen molar-refractivity contribution in [2.45, 2.75) is 38.9 Å². The molecule has 0 bridgehead atoms. The Balaban J connectivity index is 0.00000560. The van der Waals surface area contributed by atoms with Crippen molar-refractivity contribution in [3.8, 4) is 16.9 Å². The van der Waals surface area contributed by atoms with Crippen LogP contribution in [0, 0.1) is 0 Å². The second-order valence-corrected chi connectivity index (χ2v) is 11.7. The van der Waals surface area contributed by atoms with E-state index in [1.807, 2.05) is 55.0 Å². The lowest BCUT2D eigenvalue weighted by atomic mass is 10.0. The first-order valence-electron chi connectivity index (χ1n) is 12.8. The minimum absolute atomic E-state index is 0. The Morgan fingerprint density at radius 2 is 1.73 bits per heavy atom. The summed E-state index contributed by atoms with van der Waals surface area (Å²) in [6.07, 6.45) is -0.0636. The van der Waals surface area contributed by atoms with Gasteiger partial charge in [-0.1, -0.05) is 54.1 Å². The lowest BCUT2D eigenvalue weighted by Gasteiger charge is -2.16. The van der Waals surface area contributed by atoms with Gasteiger partial charge in [-0.2, -0.15) is 0 Å². The quantitative estimate of drug-likeness (QED) is 0.198. The van der Waals surface area contributed by atoms with Crippen molar-refractivity contribution in [3.05, 3.63) is 88.4 Å². The molecule has 4 N–H and O–H groups in total. The fraction of sp³-hybridized carbons (Fsp3) is 0.345. The number of hydrogen-bond acceptors (Lipinski definition) is 7. The van der Waals surface area contributed by atoms with E-state index < -0.39 is 22.0 Å². The van der Waals surface area contributed by atoms with Gasteiger partial charge in [0.1, 0.15) is 5.75 Å². The molecule has 8 nitrogen and oxygen atoms in total. The zero-order valence-electron chi connectivity index (χ0n) is 22.5. The van der Waals surface area contributed by atoms with Gasteiger partial charge in [0.2, 0.25) is 10.0 Å². The van der Waals surface area contributed by atoms with Crippen LogP contribution in [0.3, 0.4) is 0 Å². The molecule has 0 saturated heterocycles. The third-order valence-corrected chi connectivity index (χ3v) is 7.41. The predicted octanol–water partition coefficient (Wildman–Crippen LogP) is 4.52. The molecule has 0 fully saturated rings. The molecule has 0 saturated carbocycles. The van der Waals surface area contributed by atoms with Gasteiger partial charge in [-0.05, 0) is 79.8 Å². The molecule has 3 rings (SSSR count). The highest BCUT2D eigenvalue weighted by atomic mass is 35.5. The van der Waals surface area contributed by atoms with Gasteiger partial charge in [-0.15, -0.1) is 12.4 Å². The number of hydrogen-bond donors (Lipinski definition) is 4. The SMILES string of the molecule is CC(C)Oc1cc(-c2ccc(CCNC[C@@H](O)c3cccc(Cl)c3)cc2)ccc1C(=O)NS(=O)(=O)CCCO.Cl. The van der Waals surface area contributed by atoms with E-state index in [-0.39, 0.29) is 48.6 Å². The van der Waals surface area contributed by atoms with E-state index in [9.17, 15) is 18.3 Å². The Labute approximate surface area is 247 Å². The zero-order chi connectivity index (χ0) is 28.4. The number of halogens is 2. The fourth-order valence-electron chi connectivity index (χ4n) is 3.91. The summed E-state index contributed by atoms with van der Waals surface area (Å²) < 4.78 is 32.1. The Hall–Kier alpha value is -2.66. The summed E-state index contributed by atoms with van der Waals surface area (Å²) in [5, 5.41) is 23.1. The molecule has 11 heteroatoms. The zero-order valence-corrected chi connectivity index (χ0v) is 24.9. The van der Waals surface area contributed by atoms with E-state index in [1.54, 1.807) is 30.3 Å². The Morgan fingerprint density at radius 3 is 2.38 bits per heavy atom. The molecule has 1 amide bonds. The third kappa shape index (κ3) is 10.4. The van der Waals surface area contributed by atoms with Crippen LogP contribution >= 0.6 is 24.0 Å². The average molecular weight is 612 g/mol. The molecule has 0 aliphatic heterocycles. The van der Waals surface area contributed by atoms with Crippen LogP contribution in [0.5, 0.6) is 5.75 Å². The highest BCUT2D eigenvalue weighted by molar-refractivity contribution is 7.90. The van der Waals surface area contributed by atoms with Crippen molar-refractivity contribution in [3.63, 3.8) is 0 Å². The molecule has 3 aromatic rings. The maximum Gasteiger partial charge on any atom is 0.268 e. The normalized spacial score (nSPS) is 12.1. The van der Waals surface area contributed by atoms with Gasteiger partial charge in [0, 0.05) is 18.2 Å². The van der Waals surface area contributed by atoms with E-state index >= 15 is 0 Å². The maximum absolute atomic E-state index is 12.7. The molecule has 0 heterocycles. The van der Waals surface area contributed by atoms with Crippen molar-refractivity contribution in [2.24, 2.45) is 0 Å². The first-order valence-corrected chi connectivity index (χ1v) is 14.8. The van der Waals surface area contributed by atoms with Gasteiger partial charge < -0.3 is 20.3 Å².